The first kappa shape index (κ1) is 30.9. The maximum Gasteiger partial charge on any atom is 0.338 e. The molecule has 14 nitrogen and oxygen atoms in total. The van der Waals surface area contributed by atoms with Gasteiger partial charge in [0.05, 0.1) is 47.5 Å². The highest BCUT2D eigenvalue weighted by Crippen LogP contribution is 2.36. The van der Waals surface area contributed by atoms with E-state index < -0.39 is 35.5 Å². The number of methoxy groups -OCH3 is 1. The van der Waals surface area contributed by atoms with Gasteiger partial charge < -0.3 is 29.6 Å². The van der Waals surface area contributed by atoms with E-state index in [0.29, 0.717) is 21.3 Å². The third kappa shape index (κ3) is 7.72. The Kier molecular flexibility index (Phi) is 10.6. The van der Waals surface area contributed by atoms with Crippen LogP contribution in [0.15, 0.2) is 51.2 Å². The largest absolute Gasteiger partial charge is 0.493 e. The fourth-order valence-electron chi connectivity index (χ4n) is 3.86. The third-order valence-corrected chi connectivity index (χ3v) is 6.17. The van der Waals surface area contributed by atoms with E-state index in [1.165, 1.54) is 25.5 Å². The van der Waals surface area contributed by atoms with Crippen molar-refractivity contribution in [2.24, 2.45) is 5.10 Å². The lowest BCUT2D eigenvalue weighted by molar-refractivity contribution is -0.385. The highest BCUT2D eigenvalue weighted by atomic mass is 79.9. The van der Waals surface area contributed by atoms with Crippen LogP contribution in [0.5, 0.6) is 17.2 Å². The number of carbonyl (C=O) groups is 3. The second-order valence-corrected chi connectivity index (χ2v) is 9.18. The van der Waals surface area contributed by atoms with Crippen LogP contribution in [-0.2, 0) is 14.3 Å². The number of urea groups is 1. The smallest absolute Gasteiger partial charge is 0.338 e. The molecule has 0 saturated heterocycles. The summed E-state index contributed by atoms with van der Waals surface area (Å²) in [6.45, 7) is 4.97. The number of ether oxygens (including phenoxy) is 4. The molecule has 0 unspecified atom stereocenters. The van der Waals surface area contributed by atoms with Crippen LogP contribution >= 0.6 is 15.9 Å². The van der Waals surface area contributed by atoms with E-state index in [2.05, 4.69) is 37.1 Å². The van der Waals surface area contributed by atoms with Gasteiger partial charge in [0, 0.05) is 17.3 Å². The zero-order valence-electron chi connectivity index (χ0n) is 22.6. The molecule has 218 valence electrons. The molecule has 15 heteroatoms. The van der Waals surface area contributed by atoms with Crippen molar-refractivity contribution in [3.8, 4) is 17.2 Å². The van der Waals surface area contributed by atoms with Gasteiger partial charge in [0.1, 0.15) is 0 Å². The number of esters is 1. The molecule has 3 N–H and O–H groups in total. The minimum Gasteiger partial charge on any atom is -0.493 e. The lowest BCUT2D eigenvalue weighted by atomic mass is 9.95. The molecule has 2 aromatic carbocycles. The Bertz CT molecular complexity index is 1410. The SMILES string of the molecule is CCOC(=O)C1=C(C)NC(=O)N[C@@H]1c1ccc(OCC(=O)N/N=C/c2cc(Br)c(OCC)c([N+](=O)[O-])c2)c(OC)c1. The molecule has 2 aromatic rings. The number of rotatable bonds is 12. The number of benzene rings is 2. The van der Waals surface area contributed by atoms with Crippen molar-refractivity contribution in [2.45, 2.75) is 26.8 Å². The molecule has 41 heavy (non-hydrogen) atoms. The van der Waals surface area contributed by atoms with E-state index in [4.69, 9.17) is 18.9 Å². The van der Waals surface area contributed by atoms with E-state index in [1.807, 2.05) is 0 Å². The second-order valence-electron chi connectivity index (χ2n) is 8.32. The highest BCUT2D eigenvalue weighted by molar-refractivity contribution is 9.10. The third-order valence-electron chi connectivity index (χ3n) is 5.58. The number of nitro groups is 1. The maximum absolute atomic E-state index is 12.6. The van der Waals surface area contributed by atoms with Crippen LogP contribution < -0.4 is 30.3 Å². The molecule has 0 fully saturated rings. The van der Waals surface area contributed by atoms with Crippen LogP contribution in [0.25, 0.3) is 0 Å². The van der Waals surface area contributed by atoms with E-state index in [-0.39, 0.29) is 41.7 Å². The second kappa shape index (κ2) is 14.1. The Morgan fingerprint density at radius 3 is 2.59 bits per heavy atom. The van der Waals surface area contributed by atoms with Gasteiger partial charge in [-0.1, -0.05) is 6.07 Å². The normalized spacial score (nSPS) is 14.7. The Morgan fingerprint density at radius 2 is 1.93 bits per heavy atom. The van der Waals surface area contributed by atoms with Gasteiger partial charge in [0.25, 0.3) is 5.91 Å². The van der Waals surface area contributed by atoms with Gasteiger partial charge >= 0.3 is 17.7 Å². The zero-order valence-corrected chi connectivity index (χ0v) is 24.2. The maximum atomic E-state index is 12.6. The van der Waals surface area contributed by atoms with Gasteiger partial charge in [-0.3, -0.25) is 14.9 Å². The van der Waals surface area contributed by atoms with E-state index >= 15 is 0 Å². The molecule has 0 radical (unpaired) electrons. The van der Waals surface area contributed by atoms with Crippen molar-refractivity contribution < 1.29 is 38.3 Å². The van der Waals surface area contributed by atoms with Crippen LogP contribution in [-0.4, -0.2) is 56.0 Å². The van der Waals surface area contributed by atoms with Crippen LogP contribution in [0.3, 0.4) is 0 Å². The summed E-state index contributed by atoms with van der Waals surface area (Å²) in [6, 6.07) is 6.27. The first-order chi connectivity index (χ1) is 19.6. The van der Waals surface area contributed by atoms with Crippen molar-refractivity contribution in [2.75, 3.05) is 26.9 Å². The van der Waals surface area contributed by atoms with E-state index in [9.17, 15) is 24.5 Å². The first-order valence-corrected chi connectivity index (χ1v) is 13.1. The number of nitro benzene ring substituents is 1. The molecule has 3 amide bonds. The number of amides is 3. The lowest BCUT2D eigenvalue weighted by Crippen LogP contribution is -2.45. The van der Waals surface area contributed by atoms with Crippen LogP contribution in [0, 0.1) is 10.1 Å². The molecular formula is C26H28BrN5O9. The number of nitrogens with one attached hydrogen (secondary N) is 3. The van der Waals surface area contributed by atoms with Gasteiger partial charge in [-0.15, -0.1) is 0 Å². The van der Waals surface area contributed by atoms with Crippen molar-refractivity contribution in [3.63, 3.8) is 0 Å². The number of hydrogen-bond acceptors (Lipinski definition) is 10. The Balaban J connectivity index is 1.69. The van der Waals surface area contributed by atoms with Gasteiger partial charge in [0.15, 0.2) is 18.1 Å². The van der Waals surface area contributed by atoms with E-state index in [1.54, 1.807) is 39.0 Å². The molecule has 0 saturated carbocycles. The number of halogens is 1. The van der Waals surface area contributed by atoms with Crippen molar-refractivity contribution in [1.82, 2.24) is 16.1 Å². The van der Waals surface area contributed by atoms with Gasteiger partial charge in [0.2, 0.25) is 5.75 Å². The monoisotopic (exact) mass is 633 g/mol. The number of nitrogens with zero attached hydrogens (tertiary/aromatic N) is 2. The molecule has 0 spiro atoms. The zero-order chi connectivity index (χ0) is 30.1. The fourth-order valence-corrected chi connectivity index (χ4v) is 4.44. The summed E-state index contributed by atoms with van der Waals surface area (Å²) in [4.78, 5) is 47.8. The van der Waals surface area contributed by atoms with Gasteiger partial charge in [-0.2, -0.15) is 5.10 Å². The summed E-state index contributed by atoms with van der Waals surface area (Å²) in [7, 11) is 1.40. The number of carbonyl (C=O) groups excluding carboxylic acids is 3. The summed E-state index contributed by atoms with van der Waals surface area (Å²) in [5, 5.41) is 20.5. The molecule has 3 rings (SSSR count). The topological polar surface area (TPSA) is 180 Å². The molecule has 1 heterocycles. The summed E-state index contributed by atoms with van der Waals surface area (Å²) in [5.41, 5.74) is 3.51. The molecule has 1 aliphatic heterocycles. The van der Waals surface area contributed by atoms with Crippen LogP contribution in [0.1, 0.15) is 37.9 Å². The predicted molar refractivity (Wildman–Crippen MR) is 150 cm³/mol. The van der Waals surface area contributed by atoms with Crippen molar-refractivity contribution in [1.29, 1.82) is 0 Å². The summed E-state index contributed by atoms with van der Waals surface area (Å²) < 4.78 is 21.8. The molecule has 0 aliphatic carbocycles. The average molecular weight is 634 g/mol. The number of hydrogen-bond donors (Lipinski definition) is 3. The Morgan fingerprint density at radius 1 is 1.17 bits per heavy atom. The van der Waals surface area contributed by atoms with Crippen LogP contribution in [0.2, 0.25) is 0 Å². The molecular weight excluding hydrogens is 606 g/mol. The predicted octanol–water partition coefficient (Wildman–Crippen LogP) is 3.48. The minimum atomic E-state index is -0.804. The van der Waals surface area contributed by atoms with Gasteiger partial charge in [-0.05, 0) is 60.5 Å². The van der Waals surface area contributed by atoms with Crippen LogP contribution in [0.4, 0.5) is 10.5 Å². The van der Waals surface area contributed by atoms with E-state index in [0.717, 1.165) is 0 Å². The lowest BCUT2D eigenvalue weighted by Gasteiger charge is -2.28. The quantitative estimate of drug-likeness (QED) is 0.136. The Labute approximate surface area is 243 Å². The highest BCUT2D eigenvalue weighted by Gasteiger charge is 2.32. The van der Waals surface area contributed by atoms with Gasteiger partial charge in [-0.25, -0.2) is 15.0 Å². The van der Waals surface area contributed by atoms with Crippen molar-refractivity contribution in [3.05, 3.63) is 67.3 Å². The number of allylic oxidation sites excluding steroid dienone is 1. The summed E-state index contributed by atoms with van der Waals surface area (Å²) in [5.74, 6) is -0.621. The Hall–Kier alpha value is -4.66. The standard InChI is InChI=1S/C26H28BrN5O9/c1-5-39-24-17(27)9-15(10-18(24)32(36)37)12-28-31-21(33)13-41-19-8-7-16(11-20(19)38-4)23-22(25(34)40-6-2)14(3)29-26(35)30-23/h7-12,23H,5-6,13H2,1-4H3,(H,31,33)(H2,29,30,35)/b28-12+/t23-/m1/s1. The fraction of sp³-hybridized carbons (Fsp3) is 0.308. The molecule has 0 aromatic heterocycles. The number of hydrazone groups is 1. The summed E-state index contributed by atoms with van der Waals surface area (Å²) >= 11 is 3.25. The molecule has 1 aliphatic rings. The first-order valence-electron chi connectivity index (χ1n) is 12.3. The minimum absolute atomic E-state index is 0.0952. The molecule has 1 atom stereocenters. The average Bonchev–Trinajstić information content (AvgIpc) is 2.92. The molecule has 0 bridgehead atoms. The summed E-state index contributed by atoms with van der Waals surface area (Å²) in [6.07, 6.45) is 1.24. The van der Waals surface area contributed by atoms with Crippen molar-refractivity contribution >= 4 is 45.7 Å².